The molecule has 63 valence electrons. The Bertz CT molecular complexity index is 114. The molecule has 1 aliphatic rings. The predicted octanol–water partition coefficient (Wildman–Crippen LogP) is 3.65. The van der Waals surface area contributed by atoms with Gasteiger partial charge in [-0.2, -0.15) is 0 Å². The van der Waals surface area contributed by atoms with Gasteiger partial charge in [0.25, 0.3) is 0 Å². The highest BCUT2D eigenvalue weighted by Gasteiger charge is 2.20. The van der Waals surface area contributed by atoms with Gasteiger partial charge >= 0.3 is 0 Å². The fourth-order valence-corrected chi connectivity index (χ4v) is 1.49. The smallest absolute Gasteiger partial charge is 0.0142 e. The fraction of sp³-hybridized carbons (Fsp3) is 0.700. The topological polar surface area (TPSA) is 0 Å². The Kier molecular flexibility index (Phi) is 4.76. The first-order valence-corrected chi connectivity index (χ1v) is 5.73. The number of rotatable bonds is 6. The summed E-state index contributed by atoms with van der Waals surface area (Å²) in [6.07, 6.45) is 13.7. The van der Waals surface area contributed by atoms with Gasteiger partial charge in [-0.1, -0.05) is 18.9 Å². The Hall–Kier alpha value is 0.0900. The highest BCUT2D eigenvalue weighted by atomic mass is 32.2. The monoisotopic (exact) mass is 169 g/mol. The van der Waals surface area contributed by atoms with Gasteiger partial charge in [0.1, 0.15) is 0 Å². The Morgan fingerprint density at radius 1 is 1.55 bits per heavy atom. The summed E-state index contributed by atoms with van der Waals surface area (Å²) in [6.45, 7) is 0. The molecule has 0 nitrogen and oxygen atoms in total. The molecular formula is C10H17S. The van der Waals surface area contributed by atoms with Crippen LogP contribution in [0.1, 0.15) is 32.1 Å². The van der Waals surface area contributed by atoms with E-state index < -0.39 is 0 Å². The minimum absolute atomic E-state index is 1.000. The second-order valence-corrected chi connectivity index (χ2v) is 3.87. The summed E-state index contributed by atoms with van der Waals surface area (Å²) in [4.78, 5) is 0. The van der Waals surface area contributed by atoms with E-state index in [1.165, 1.54) is 32.1 Å². The summed E-state index contributed by atoms with van der Waals surface area (Å²) >= 11 is 1.79. The standard InChI is InChI=1S/C10H17S/c1-11-9-5-3-2-4-6-10-7-8-10/h5,7,9-10H,2-4,6,8H2,1H3. The molecule has 0 aromatic carbocycles. The lowest BCUT2D eigenvalue weighted by atomic mass is 10.1. The first kappa shape index (κ1) is 9.18. The molecule has 0 heterocycles. The SMILES string of the molecule is CSC=CCCCCC1[CH]C1. The third kappa shape index (κ3) is 5.37. The van der Waals surface area contributed by atoms with Crippen molar-refractivity contribution in [2.45, 2.75) is 32.1 Å². The molecule has 1 aliphatic carbocycles. The van der Waals surface area contributed by atoms with Crippen molar-refractivity contribution in [3.8, 4) is 0 Å². The Labute approximate surface area is 74.5 Å². The van der Waals surface area contributed by atoms with Crippen LogP contribution in [0, 0.1) is 12.3 Å². The van der Waals surface area contributed by atoms with Crippen molar-refractivity contribution in [2.24, 2.45) is 5.92 Å². The lowest BCUT2D eigenvalue weighted by Gasteiger charge is -1.94. The zero-order valence-corrected chi connectivity index (χ0v) is 8.07. The summed E-state index contributed by atoms with van der Waals surface area (Å²) in [5.74, 6) is 1.000. The average Bonchev–Trinajstić information content (AvgIpc) is 2.80. The van der Waals surface area contributed by atoms with E-state index in [0.717, 1.165) is 5.92 Å². The number of hydrogen-bond donors (Lipinski definition) is 0. The summed E-state index contributed by atoms with van der Waals surface area (Å²) in [5.41, 5.74) is 0. The molecule has 0 aliphatic heterocycles. The summed E-state index contributed by atoms with van der Waals surface area (Å²) in [6, 6.07) is 0. The zero-order valence-electron chi connectivity index (χ0n) is 7.25. The van der Waals surface area contributed by atoms with Gasteiger partial charge in [-0.25, -0.2) is 0 Å². The predicted molar refractivity (Wildman–Crippen MR) is 53.5 cm³/mol. The van der Waals surface area contributed by atoms with Gasteiger partial charge in [0.15, 0.2) is 0 Å². The second kappa shape index (κ2) is 5.70. The van der Waals surface area contributed by atoms with Crippen LogP contribution in [0.25, 0.3) is 0 Å². The molecule has 0 aromatic heterocycles. The van der Waals surface area contributed by atoms with Crippen molar-refractivity contribution in [2.75, 3.05) is 6.26 Å². The molecule has 0 amide bonds. The summed E-state index contributed by atoms with van der Waals surface area (Å²) in [7, 11) is 0. The van der Waals surface area contributed by atoms with Crippen LogP contribution < -0.4 is 0 Å². The Morgan fingerprint density at radius 3 is 3.00 bits per heavy atom. The van der Waals surface area contributed by atoms with Gasteiger partial charge in [0.2, 0.25) is 0 Å². The maximum Gasteiger partial charge on any atom is -0.0142 e. The largest absolute Gasteiger partial charge is 0.138 e. The third-order valence-corrected chi connectivity index (χ3v) is 2.46. The number of thioether (sulfide) groups is 1. The molecule has 1 atom stereocenters. The molecule has 0 saturated heterocycles. The quantitative estimate of drug-likeness (QED) is 0.547. The van der Waals surface area contributed by atoms with Crippen molar-refractivity contribution in [3.05, 3.63) is 17.9 Å². The Morgan fingerprint density at radius 2 is 2.36 bits per heavy atom. The molecule has 1 fully saturated rings. The lowest BCUT2D eigenvalue weighted by Crippen LogP contribution is -1.77. The summed E-state index contributed by atoms with van der Waals surface area (Å²) in [5, 5.41) is 2.18. The third-order valence-electron chi connectivity index (χ3n) is 2.00. The van der Waals surface area contributed by atoms with Gasteiger partial charge < -0.3 is 0 Å². The van der Waals surface area contributed by atoms with Crippen LogP contribution in [0.15, 0.2) is 11.5 Å². The molecule has 0 bridgehead atoms. The van der Waals surface area contributed by atoms with E-state index >= 15 is 0 Å². The van der Waals surface area contributed by atoms with Crippen molar-refractivity contribution in [3.63, 3.8) is 0 Å². The highest BCUT2D eigenvalue weighted by Crippen LogP contribution is 2.32. The lowest BCUT2D eigenvalue weighted by molar-refractivity contribution is 0.646. The first-order valence-electron chi connectivity index (χ1n) is 4.44. The van der Waals surface area contributed by atoms with Gasteiger partial charge in [0, 0.05) is 0 Å². The molecule has 1 heteroatoms. The van der Waals surface area contributed by atoms with E-state index in [4.69, 9.17) is 0 Å². The number of unbranched alkanes of at least 4 members (excludes halogenated alkanes) is 2. The molecule has 0 spiro atoms. The van der Waals surface area contributed by atoms with Crippen LogP contribution in [-0.4, -0.2) is 6.26 Å². The normalized spacial score (nSPS) is 17.9. The van der Waals surface area contributed by atoms with E-state index in [1.807, 2.05) is 0 Å². The minimum Gasteiger partial charge on any atom is -0.138 e. The molecule has 1 radical (unpaired) electrons. The van der Waals surface area contributed by atoms with E-state index in [1.54, 1.807) is 11.8 Å². The van der Waals surface area contributed by atoms with Gasteiger partial charge in [-0.15, -0.1) is 11.8 Å². The fourth-order valence-electron chi connectivity index (χ4n) is 1.16. The maximum absolute atomic E-state index is 2.41. The molecule has 1 unspecified atom stereocenters. The first-order chi connectivity index (χ1) is 5.43. The van der Waals surface area contributed by atoms with Gasteiger partial charge in [0.05, 0.1) is 0 Å². The minimum atomic E-state index is 1.000. The van der Waals surface area contributed by atoms with Crippen LogP contribution >= 0.6 is 11.8 Å². The van der Waals surface area contributed by atoms with Crippen molar-refractivity contribution in [1.82, 2.24) is 0 Å². The van der Waals surface area contributed by atoms with E-state index in [0.29, 0.717) is 0 Å². The highest BCUT2D eigenvalue weighted by molar-refractivity contribution is 8.01. The van der Waals surface area contributed by atoms with Crippen molar-refractivity contribution >= 4 is 11.8 Å². The average molecular weight is 169 g/mol. The van der Waals surface area contributed by atoms with Crippen molar-refractivity contribution in [1.29, 1.82) is 0 Å². The maximum atomic E-state index is 2.41. The molecule has 11 heavy (non-hydrogen) atoms. The van der Waals surface area contributed by atoms with Gasteiger partial charge in [-0.05, 0) is 43.3 Å². The van der Waals surface area contributed by atoms with Crippen LogP contribution in [0.3, 0.4) is 0 Å². The molecular weight excluding hydrogens is 152 g/mol. The van der Waals surface area contributed by atoms with Crippen LogP contribution in [0.4, 0.5) is 0 Å². The molecule has 1 saturated carbocycles. The molecule has 0 N–H and O–H groups in total. The van der Waals surface area contributed by atoms with Crippen LogP contribution in [0.5, 0.6) is 0 Å². The number of allylic oxidation sites excluding steroid dienone is 1. The van der Waals surface area contributed by atoms with Crippen LogP contribution in [0.2, 0.25) is 0 Å². The molecule has 0 aromatic rings. The van der Waals surface area contributed by atoms with Gasteiger partial charge in [-0.3, -0.25) is 0 Å². The summed E-state index contributed by atoms with van der Waals surface area (Å²) < 4.78 is 0. The number of hydrogen-bond acceptors (Lipinski definition) is 1. The van der Waals surface area contributed by atoms with E-state index in [2.05, 4.69) is 24.2 Å². The van der Waals surface area contributed by atoms with Crippen molar-refractivity contribution < 1.29 is 0 Å². The zero-order chi connectivity index (χ0) is 7.94. The Balaban J connectivity index is 1.76. The second-order valence-electron chi connectivity index (χ2n) is 3.12. The van der Waals surface area contributed by atoms with E-state index in [-0.39, 0.29) is 0 Å². The van der Waals surface area contributed by atoms with Crippen LogP contribution in [-0.2, 0) is 0 Å². The van der Waals surface area contributed by atoms with E-state index in [9.17, 15) is 0 Å². The molecule has 1 rings (SSSR count).